The van der Waals surface area contributed by atoms with E-state index in [9.17, 15) is 0 Å². The molecule has 2 heterocycles. The highest BCUT2D eigenvalue weighted by molar-refractivity contribution is 6.31. The number of nitrogens with zero attached hydrogens (tertiary/aromatic N) is 3. The van der Waals surface area contributed by atoms with Crippen molar-refractivity contribution in [3.05, 3.63) is 39.9 Å². The second kappa shape index (κ2) is 5.85. The molecule has 0 radical (unpaired) electrons. The average Bonchev–Trinajstić information content (AvgIpc) is 3.02. The lowest BCUT2D eigenvalue weighted by Crippen LogP contribution is -2.15. The summed E-state index contributed by atoms with van der Waals surface area (Å²) in [5.74, 6) is 0. The Balaban J connectivity index is 1.92. The van der Waals surface area contributed by atoms with Gasteiger partial charge in [-0.2, -0.15) is 5.10 Å². The predicted molar refractivity (Wildman–Crippen MR) is 85.7 cm³/mol. The van der Waals surface area contributed by atoms with Crippen LogP contribution in [0, 0.1) is 0 Å². The molecule has 21 heavy (non-hydrogen) atoms. The van der Waals surface area contributed by atoms with Gasteiger partial charge in [0.05, 0.1) is 23.0 Å². The van der Waals surface area contributed by atoms with Crippen molar-refractivity contribution < 1.29 is 0 Å². The number of hydrogen-bond acceptors (Lipinski definition) is 2. The third-order valence-corrected chi connectivity index (χ3v) is 4.82. The second-order valence-electron chi connectivity index (χ2n) is 5.79. The Morgan fingerprint density at radius 1 is 1.38 bits per heavy atom. The highest BCUT2D eigenvalue weighted by Crippen LogP contribution is 2.30. The molecule has 114 valence electrons. The van der Waals surface area contributed by atoms with E-state index in [1.807, 2.05) is 4.68 Å². The molecular weight excluding hydrogens is 284 g/mol. The summed E-state index contributed by atoms with van der Waals surface area (Å²) in [6.45, 7) is 5.79. The van der Waals surface area contributed by atoms with Crippen LogP contribution in [-0.2, 0) is 25.9 Å². The van der Waals surface area contributed by atoms with Crippen molar-refractivity contribution in [2.75, 3.05) is 0 Å². The third kappa shape index (κ3) is 2.62. The van der Waals surface area contributed by atoms with Crippen molar-refractivity contribution >= 4 is 11.6 Å². The topological polar surface area (TPSA) is 48.8 Å². The zero-order valence-electron chi connectivity index (χ0n) is 12.8. The fourth-order valence-corrected chi connectivity index (χ4v) is 3.55. The molecule has 3 rings (SSSR count). The first-order valence-electron chi connectivity index (χ1n) is 7.82. The lowest BCUT2D eigenvalue weighted by Gasteiger charge is -2.17. The minimum absolute atomic E-state index is 0.188. The van der Waals surface area contributed by atoms with Crippen molar-refractivity contribution in [3.8, 4) is 0 Å². The first-order valence-corrected chi connectivity index (χ1v) is 8.20. The van der Waals surface area contributed by atoms with Gasteiger partial charge < -0.3 is 10.3 Å². The minimum Gasteiger partial charge on any atom is -0.348 e. The Morgan fingerprint density at radius 3 is 2.86 bits per heavy atom. The summed E-state index contributed by atoms with van der Waals surface area (Å²) < 4.78 is 4.23. The first kappa shape index (κ1) is 14.7. The number of fused-ring (bicyclic) bond motifs is 1. The molecule has 1 unspecified atom stereocenters. The maximum atomic E-state index is 6.49. The lowest BCUT2D eigenvalue weighted by atomic mass is 9.92. The van der Waals surface area contributed by atoms with E-state index < -0.39 is 0 Å². The normalized spacial score (nSPS) is 18.0. The molecule has 2 aromatic rings. The largest absolute Gasteiger partial charge is 0.348 e. The van der Waals surface area contributed by atoms with Crippen LogP contribution in [0.25, 0.3) is 0 Å². The van der Waals surface area contributed by atoms with E-state index in [-0.39, 0.29) is 6.04 Å². The standard InChI is InChI=1S/C16H23ClN4/c1-3-14-16(17)15(21(4-2)19-14)10-20-8-11-6-5-7-13(18)12(11)9-20/h8-9,13H,3-7,10,18H2,1-2H3. The summed E-state index contributed by atoms with van der Waals surface area (Å²) >= 11 is 6.49. The number of nitrogens with two attached hydrogens (primary N) is 1. The monoisotopic (exact) mass is 306 g/mol. The molecule has 2 aromatic heterocycles. The van der Waals surface area contributed by atoms with E-state index in [0.717, 1.165) is 48.8 Å². The van der Waals surface area contributed by atoms with Crippen molar-refractivity contribution in [2.24, 2.45) is 5.73 Å². The van der Waals surface area contributed by atoms with Crippen LogP contribution in [-0.4, -0.2) is 14.3 Å². The third-order valence-electron chi connectivity index (χ3n) is 4.38. The maximum absolute atomic E-state index is 6.49. The highest BCUT2D eigenvalue weighted by Gasteiger charge is 2.20. The van der Waals surface area contributed by atoms with Crippen molar-refractivity contribution in [2.45, 2.75) is 58.7 Å². The van der Waals surface area contributed by atoms with Gasteiger partial charge in [0.25, 0.3) is 0 Å². The zero-order chi connectivity index (χ0) is 15.0. The van der Waals surface area contributed by atoms with Crippen molar-refractivity contribution in [3.63, 3.8) is 0 Å². The molecule has 4 nitrogen and oxygen atoms in total. The summed E-state index contributed by atoms with van der Waals surface area (Å²) in [6, 6.07) is 0.188. The molecule has 0 saturated carbocycles. The van der Waals surface area contributed by atoms with Crippen LogP contribution in [0.15, 0.2) is 12.4 Å². The Hall–Kier alpha value is -1.26. The predicted octanol–water partition coefficient (Wildman–Crippen LogP) is 3.30. The molecule has 0 fully saturated rings. The molecule has 1 atom stereocenters. The van der Waals surface area contributed by atoms with E-state index in [1.54, 1.807) is 0 Å². The number of halogens is 1. The van der Waals surface area contributed by atoms with Crippen LogP contribution in [0.3, 0.4) is 0 Å². The zero-order valence-corrected chi connectivity index (χ0v) is 13.5. The fourth-order valence-electron chi connectivity index (χ4n) is 3.22. The Kier molecular flexibility index (Phi) is 4.09. The molecule has 1 aliphatic rings. The molecule has 0 amide bonds. The molecular formula is C16H23ClN4. The molecule has 0 aliphatic heterocycles. The SMILES string of the molecule is CCc1nn(CC)c(Cn2cc3c(c2)C(N)CCC3)c1Cl. The van der Waals surface area contributed by atoms with Gasteiger partial charge in [-0.15, -0.1) is 0 Å². The molecule has 5 heteroatoms. The minimum atomic E-state index is 0.188. The quantitative estimate of drug-likeness (QED) is 0.942. The Morgan fingerprint density at radius 2 is 2.19 bits per heavy atom. The lowest BCUT2D eigenvalue weighted by molar-refractivity contribution is 0.573. The number of aryl methyl sites for hydroxylation is 3. The first-order chi connectivity index (χ1) is 10.1. The summed E-state index contributed by atoms with van der Waals surface area (Å²) in [7, 11) is 0. The smallest absolute Gasteiger partial charge is 0.0868 e. The van der Waals surface area contributed by atoms with E-state index in [0.29, 0.717) is 0 Å². The van der Waals surface area contributed by atoms with E-state index in [1.165, 1.54) is 17.5 Å². The second-order valence-corrected chi connectivity index (χ2v) is 6.16. The molecule has 0 saturated heterocycles. The Labute approximate surface area is 130 Å². The van der Waals surface area contributed by atoms with Crippen LogP contribution < -0.4 is 5.73 Å². The van der Waals surface area contributed by atoms with Crippen LogP contribution in [0.5, 0.6) is 0 Å². The summed E-state index contributed by atoms with van der Waals surface area (Å²) in [5.41, 5.74) is 11.0. The molecule has 2 N–H and O–H groups in total. The fraction of sp³-hybridized carbons (Fsp3) is 0.562. The number of hydrogen-bond donors (Lipinski definition) is 1. The Bertz CT molecular complexity index is 641. The van der Waals surface area contributed by atoms with Crippen LogP contribution >= 0.6 is 11.6 Å². The number of aromatic nitrogens is 3. The van der Waals surface area contributed by atoms with Gasteiger partial charge in [0.1, 0.15) is 0 Å². The highest BCUT2D eigenvalue weighted by atomic mass is 35.5. The van der Waals surface area contributed by atoms with Gasteiger partial charge in [0.2, 0.25) is 0 Å². The maximum Gasteiger partial charge on any atom is 0.0868 e. The molecule has 1 aliphatic carbocycles. The van der Waals surface area contributed by atoms with E-state index in [2.05, 4.69) is 35.9 Å². The van der Waals surface area contributed by atoms with Gasteiger partial charge in [-0.25, -0.2) is 0 Å². The summed E-state index contributed by atoms with van der Waals surface area (Å²) in [5, 5.41) is 5.40. The molecule has 0 aromatic carbocycles. The van der Waals surface area contributed by atoms with Gasteiger partial charge >= 0.3 is 0 Å². The van der Waals surface area contributed by atoms with Crippen molar-refractivity contribution in [1.29, 1.82) is 0 Å². The van der Waals surface area contributed by atoms with Crippen LogP contribution in [0.1, 0.15) is 55.2 Å². The van der Waals surface area contributed by atoms with Gasteiger partial charge in [-0.05, 0) is 43.7 Å². The van der Waals surface area contributed by atoms with E-state index in [4.69, 9.17) is 17.3 Å². The van der Waals surface area contributed by atoms with Crippen LogP contribution in [0.2, 0.25) is 5.02 Å². The number of rotatable bonds is 4. The summed E-state index contributed by atoms with van der Waals surface area (Å²) in [4.78, 5) is 0. The average molecular weight is 307 g/mol. The molecule has 0 bridgehead atoms. The molecule has 0 spiro atoms. The van der Waals surface area contributed by atoms with Gasteiger partial charge in [-0.1, -0.05) is 18.5 Å². The van der Waals surface area contributed by atoms with Gasteiger partial charge in [-0.3, -0.25) is 4.68 Å². The van der Waals surface area contributed by atoms with Crippen LogP contribution in [0.4, 0.5) is 0 Å². The van der Waals surface area contributed by atoms with E-state index >= 15 is 0 Å². The van der Waals surface area contributed by atoms with Gasteiger partial charge in [0, 0.05) is 25.0 Å². The summed E-state index contributed by atoms with van der Waals surface area (Å²) in [6.07, 6.45) is 8.69. The van der Waals surface area contributed by atoms with Crippen molar-refractivity contribution in [1.82, 2.24) is 14.3 Å². The van der Waals surface area contributed by atoms with Gasteiger partial charge in [0.15, 0.2) is 0 Å².